The van der Waals surface area contributed by atoms with E-state index in [4.69, 9.17) is 15.2 Å². The van der Waals surface area contributed by atoms with Crippen LogP contribution in [0.4, 0.5) is 5.82 Å². The first kappa shape index (κ1) is 14.9. The Labute approximate surface area is 122 Å². The molecule has 0 amide bonds. The molecule has 0 atom stereocenters. The summed E-state index contributed by atoms with van der Waals surface area (Å²) in [6, 6.07) is 5.28. The van der Waals surface area contributed by atoms with E-state index in [9.17, 15) is 4.79 Å². The second-order valence-electron chi connectivity index (χ2n) is 4.94. The van der Waals surface area contributed by atoms with Crippen LogP contribution < -0.4 is 20.8 Å². The van der Waals surface area contributed by atoms with Gasteiger partial charge in [0.2, 0.25) is 0 Å². The van der Waals surface area contributed by atoms with E-state index in [1.54, 1.807) is 32.4 Å². The predicted molar refractivity (Wildman–Crippen MR) is 81.9 cm³/mol. The topological polar surface area (TPSA) is 90.2 Å². The Morgan fingerprint density at radius 3 is 2.38 bits per heavy atom. The number of nitrogens with two attached hydrogens (primary N) is 1. The molecule has 1 heterocycles. The predicted octanol–water partition coefficient (Wildman–Crippen LogP) is 2.16. The summed E-state index contributed by atoms with van der Waals surface area (Å²) < 4.78 is 10.4. The number of hydrogen-bond acceptors (Lipinski definition) is 5. The van der Waals surface area contributed by atoms with Crippen molar-refractivity contribution in [2.75, 3.05) is 20.0 Å². The Bertz CT molecular complexity index is 708. The van der Waals surface area contributed by atoms with Crippen molar-refractivity contribution in [1.82, 2.24) is 9.97 Å². The summed E-state index contributed by atoms with van der Waals surface area (Å²) in [4.78, 5) is 19.2. The Hall–Kier alpha value is -2.50. The van der Waals surface area contributed by atoms with Crippen LogP contribution in [0.1, 0.15) is 25.3 Å². The van der Waals surface area contributed by atoms with Gasteiger partial charge in [-0.2, -0.15) is 0 Å². The number of H-pyrrole nitrogens is 1. The second kappa shape index (κ2) is 5.87. The summed E-state index contributed by atoms with van der Waals surface area (Å²) in [5, 5.41) is 0. The van der Waals surface area contributed by atoms with Gasteiger partial charge in [-0.3, -0.25) is 4.79 Å². The molecule has 21 heavy (non-hydrogen) atoms. The molecule has 2 aromatic rings. The molecule has 1 aromatic carbocycles. The van der Waals surface area contributed by atoms with Gasteiger partial charge in [0, 0.05) is 5.56 Å². The summed E-state index contributed by atoms with van der Waals surface area (Å²) in [5.41, 5.74) is 6.88. The van der Waals surface area contributed by atoms with Gasteiger partial charge < -0.3 is 20.2 Å². The molecule has 112 valence electrons. The van der Waals surface area contributed by atoms with E-state index in [0.717, 1.165) is 0 Å². The number of ether oxygens (including phenoxy) is 2. The number of aromatic nitrogens is 2. The van der Waals surface area contributed by atoms with Gasteiger partial charge in [-0.25, -0.2) is 4.98 Å². The van der Waals surface area contributed by atoms with Crippen LogP contribution in [0.5, 0.6) is 11.5 Å². The van der Waals surface area contributed by atoms with E-state index in [-0.39, 0.29) is 17.3 Å². The minimum atomic E-state index is -0.220. The Kier molecular flexibility index (Phi) is 4.16. The lowest BCUT2D eigenvalue weighted by atomic mass is 10.1. The normalized spacial score (nSPS) is 10.7. The van der Waals surface area contributed by atoms with Crippen molar-refractivity contribution in [1.29, 1.82) is 0 Å². The quantitative estimate of drug-likeness (QED) is 0.900. The molecule has 0 radical (unpaired) electrons. The lowest BCUT2D eigenvalue weighted by Gasteiger charge is -2.11. The van der Waals surface area contributed by atoms with Gasteiger partial charge in [-0.05, 0) is 24.1 Å². The van der Waals surface area contributed by atoms with Gasteiger partial charge in [-0.15, -0.1) is 0 Å². The maximum atomic E-state index is 12.1. The minimum Gasteiger partial charge on any atom is -0.493 e. The highest BCUT2D eigenvalue weighted by atomic mass is 16.5. The van der Waals surface area contributed by atoms with Crippen LogP contribution in [0.2, 0.25) is 0 Å². The number of methoxy groups -OCH3 is 2. The first-order chi connectivity index (χ1) is 9.97. The molecule has 0 unspecified atom stereocenters. The fraction of sp³-hybridized carbons (Fsp3) is 0.333. The monoisotopic (exact) mass is 289 g/mol. The summed E-state index contributed by atoms with van der Waals surface area (Å²) in [5.74, 6) is 1.83. The zero-order valence-electron chi connectivity index (χ0n) is 12.6. The van der Waals surface area contributed by atoms with Crippen LogP contribution in [0.25, 0.3) is 11.4 Å². The number of hydrogen-bond donors (Lipinski definition) is 2. The first-order valence-electron chi connectivity index (χ1n) is 6.60. The van der Waals surface area contributed by atoms with Crippen molar-refractivity contribution in [3.8, 4) is 22.9 Å². The summed E-state index contributed by atoms with van der Waals surface area (Å²) in [6.07, 6.45) is 0. The number of aromatic amines is 1. The molecule has 0 aliphatic heterocycles. The number of nitrogens with one attached hydrogen (secondary N) is 1. The van der Waals surface area contributed by atoms with Crippen molar-refractivity contribution < 1.29 is 9.47 Å². The van der Waals surface area contributed by atoms with Crippen LogP contribution in [-0.4, -0.2) is 24.2 Å². The summed E-state index contributed by atoms with van der Waals surface area (Å²) >= 11 is 0. The maximum absolute atomic E-state index is 12.1. The third kappa shape index (κ3) is 2.84. The zero-order valence-corrected chi connectivity index (χ0v) is 12.6. The third-order valence-corrected chi connectivity index (χ3v) is 3.22. The van der Waals surface area contributed by atoms with Gasteiger partial charge >= 0.3 is 0 Å². The summed E-state index contributed by atoms with van der Waals surface area (Å²) in [7, 11) is 3.11. The van der Waals surface area contributed by atoms with E-state index in [2.05, 4.69) is 9.97 Å². The number of rotatable bonds is 4. The van der Waals surface area contributed by atoms with Crippen molar-refractivity contribution in [2.45, 2.75) is 19.8 Å². The average molecular weight is 289 g/mol. The molecule has 0 aliphatic rings. The molecule has 2 rings (SSSR count). The molecule has 1 aromatic heterocycles. The van der Waals surface area contributed by atoms with Gasteiger partial charge in [-0.1, -0.05) is 13.8 Å². The molecular weight excluding hydrogens is 270 g/mol. The first-order valence-corrected chi connectivity index (χ1v) is 6.60. The van der Waals surface area contributed by atoms with Crippen molar-refractivity contribution in [2.24, 2.45) is 0 Å². The van der Waals surface area contributed by atoms with Crippen LogP contribution >= 0.6 is 0 Å². The fourth-order valence-electron chi connectivity index (χ4n) is 2.18. The highest BCUT2D eigenvalue weighted by Gasteiger charge is 2.14. The smallest absolute Gasteiger partial charge is 0.256 e. The van der Waals surface area contributed by atoms with Crippen LogP contribution in [0, 0.1) is 0 Å². The highest BCUT2D eigenvalue weighted by molar-refractivity contribution is 5.62. The lowest BCUT2D eigenvalue weighted by Crippen LogP contribution is -2.19. The van der Waals surface area contributed by atoms with Gasteiger partial charge in [0.05, 0.1) is 19.8 Å². The average Bonchev–Trinajstić information content (AvgIpc) is 2.45. The van der Waals surface area contributed by atoms with Crippen LogP contribution in [-0.2, 0) is 0 Å². The number of nitrogens with zero attached hydrogens (tertiary/aromatic N) is 1. The number of nitrogen functional groups attached to an aromatic ring is 1. The molecule has 0 spiro atoms. The molecule has 6 heteroatoms. The van der Waals surface area contributed by atoms with E-state index >= 15 is 0 Å². The molecule has 0 fully saturated rings. The highest BCUT2D eigenvalue weighted by Crippen LogP contribution is 2.31. The standard InChI is InChI=1S/C15H19N3O3/c1-8(2)12-13(16)17-14(18-15(12)19)9-5-6-10(20-3)11(7-9)21-4/h5-8H,1-4H3,(H3,16,17,18,19). The largest absolute Gasteiger partial charge is 0.493 e. The minimum absolute atomic E-state index is 0.0145. The SMILES string of the molecule is COc1ccc(-c2nc(N)c(C(C)C)c(=O)[nH]2)cc1OC. The Morgan fingerprint density at radius 2 is 1.86 bits per heavy atom. The van der Waals surface area contributed by atoms with Gasteiger partial charge in [0.25, 0.3) is 5.56 Å². The van der Waals surface area contributed by atoms with Crippen LogP contribution in [0.3, 0.4) is 0 Å². The molecule has 0 bridgehead atoms. The van der Waals surface area contributed by atoms with Crippen LogP contribution in [0.15, 0.2) is 23.0 Å². The molecule has 6 nitrogen and oxygen atoms in total. The number of anilines is 1. The summed E-state index contributed by atoms with van der Waals surface area (Å²) in [6.45, 7) is 3.80. The molecule has 0 saturated carbocycles. The van der Waals surface area contributed by atoms with E-state index < -0.39 is 0 Å². The Balaban J connectivity index is 2.55. The van der Waals surface area contributed by atoms with E-state index in [0.29, 0.717) is 28.5 Å². The molecular formula is C15H19N3O3. The van der Waals surface area contributed by atoms with Crippen molar-refractivity contribution in [3.63, 3.8) is 0 Å². The van der Waals surface area contributed by atoms with E-state index in [1.165, 1.54) is 0 Å². The number of benzene rings is 1. The van der Waals surface area contributed by atoms with Crippen molar-refractivity contribution in [3.05, 3.63) is 34.1 Å². The molecule has 3 N–H and O–H groups in total. The van der Waals surface area contributed by atoms with Crippen molar-refractivity contribution >= 4 is 5.82 Å². The molecule has 0 aliphatic carbocycles. The zero-order chi connectivity index (χ0) is 15.6. The third-order valence-electron chi connectivity index (χ3n) is 3.22. The lowest BCUT2D eigenvalue weighted by molar-refractivity contribution is 0.355. The second-order valence-corrected chi connectivity index (χ2v) is 4.94. The fourth-order valence-corrected chi connectivity index (χ4v) is 2.18. The van der Waals surface area contributed by atoms with Gasteiger partial charge in [0.15, 0.2) is 11.5 Å². The van der Waals surface area contributed by atoms with E-state index in [1.807, 2.05) is 13.8 Å². The molecule has 0 saturated heterocycles. The Morgan fingerprint density at radius 1 is 1.19 bits per heavy atom. The maximum Gasteiger partial charge on any atom is 0.256 e. The van der Waals surface area contributed by atoms with Gasteiger partial charge in [0.1, 0.15) is 11.6 Å².